The summed E-state index contributed by atoms with van der Waals surface area (Å²) >= 11 is 0. The van der Waals surface area contributed by atoms with Crippen LogP contribution in [0.1, 0.15) is 30.1 Å². The zero-order valence-corrected chi connectivity index (χ0v) is 17.2. The van der Waals surface area contributed by atoms with Crippen LogP contribution in [0.3, 0.4) is 0 Å². The Balaban J connectivity index is 1.53. The molecule has 0 radical (unpaired) electrons. The Labute approximate surface area is 179 Å². The van der Waals surface area contributed by atoms with Crippen molar-refractivity contribution in [1.29, 1.82) is 0 Å². The van der Waals surface area contributed by atoms with Crippen molar-refractivity contribution in [2.45, 2.75) is 25.8 Å². The van der Waals surface area contributed by atoms with Crippen molar-refractivity contribution in [3.63, 3.8) is 0 Å². The summed E-state index contributed by atoms with van der Waals surface area (Å²) in [4.78, 5) is 23.1. The monoisotopic (exact) mass is 413 g/mol. The van der Waals surface area contributed by atoms with Crippen LogP contribution in [-0.2, 0) is 0 Å². The van der Waals surface area contributed by atoms with Crippen LogP contribution >= 0.6 is 0 Å². The molecule has 0 spiro atoms. The molecular weight excluding hydrogens is 390 g/mol. The number of nitrogens with one attached hydrogen (secondary N) is 1. The van der Waals surface area contributed by atoms with Crippen LogP contribution in [-0.4, -0.2) is 38.1 Å². The van der Waals surface area contributed by atoms with E-state index in [9.17, 15) is 4.79 Å². The highest BCUT2D eigenvalue weighted by atomic mass is 16.1. The van der Waals surface area contributed by atoms with E-state index in [-0.39, 0.29) is 0 Å². The molecule has 5 rings (SSSR count). The van der Waals surface area contributed by atoms with Crippen molar-refractivity contribution in [2.24, 2.45) is 5.73 Å². The highest BCUT2D eigenvalue weighted by Crippen LogP contribution is 2.29. The molecule has 4 heterocycles. The number of pyridine rings is 2. The van der Waals surface area contributed by atoms with E-state index in [0.717, 1.165) is 35.0 Å². The van der Waals surface area contributed by atoms with Crippen molar-refractivity contribution in [2.75, 3.05) is 16.8 Å². The largest absolute Gasteiger partial charge is 0.366 e. The van der Waals surface area contributed by atoms with E-state index in [1.54, 1.807) is 16.6 Å². The molecule has 3 aromatic heterocycles. The first-order chi connectivity index (χ1) is 15.1. The first kappa shape index (κ1) is 19.0. The molecule has 156 valence electrons. The van der Waals surface area contributed by atoms with Crippen molar-refractivity contribution < 1.29 is 4.79 Å². The standard InChI is InChI=1S/C23H23N7O/c1-15-5-4-10-29(15)21-9-3-8-20(28-21)27-19-12-18(13-30-23(19)25-14-26-30)16-6-2-7-17(11-16)22(24)31/h2-3,6-9,11-15H,4-5,10H2,1H3,(H2,24,31)(H,27,28)/t15-/m0/s1. The van der Waals surface area contributed by atoms with Gasteiger partial charge in [-0.05, 0) is 55.7 Å². The molecule has 4 aromatic rings. The van der Waals surface area contributed by atoms with Gasteiger partial charge in [0.05, 0.1) is 5.69 Å². The molecule has 8 heteroatoms. The topological polar surface area (TPSA) is 101 Å². The van der Waals surface area contributed by atoms with E-state index >= 15 is 0 Å². The summed E-state index contributed by atoms with van der Waals surface area (Å²) < 4.78 is 1.71. The van der Waals surface area contributed by atoms with Gasteiger partial charge in [0, 0.05) is 29.9 Å². The summed E-state index contributed by atoms with van der Waals surface area (Å²) in [6.45, 7) is 3.26. The number of nitrogens with zero attached hydrogens (tertiary/aromatic N) is 5. The van der Waals surface area contributed by atoms with Gasteiger partial charge in [-0.1, -0.05) is 18.2 Å². The number of primary amides is 1. The smallest absolute Gasteiger partial charge is 0.248 e. The SMILES string of the molecule is C[C@H]1CCCN1c1cccc(Nc2cc(-c3cccc(C(N)=O)c3)cn3ncnc23)n1. The zero-order chi connectivity index (χ0) is 21.4. The first-order valence-corrected chi connectivity index (χ1v) is 10.3. The van der Waals surface area contributed by atoms with Crippen LogP contribution in [0.4, 0.5) is 17.3 Å². The second-order valence-corrected chi connectivity index (χ2v) is 7.81. The van der Waals surface area contributed by atoms with Crippen molar-refractivity contribution in [1.82, 2.24) is 19.6 Å². The van der Waals surface area contributed by atoms with Gasteiger partial charge in [0.2, 0.25) is 5.91 Å². The van der Waals surface area contributed by atoms with Gasteiger partial charge in [-0.25, -0.2) is 14.5 Å². The Hall–Kier alpha value is -3.94. The van der Waals surface area contributed by atoms with Gasteiger partial charge >= 0.3 is 0 Å². The summed E-state index contributed by atoms with van der Waals surface area (Å²) in [5, 5.41) is 7.71. The van der Waals surface area contributed by atoms with Gasteiger partial charge in [-0.3, -0.25) is 4.79 Å². The number of benzene rings is 1. The molecule has 31 heavy (non-hydrogen) atoms. The molecule has 1 fully saturated rings. The lowest BCUT2D eigenvalue weighted by atomic mass is 10.0. The van der Waals surface area contributed by atoms with Crippen molar-refractivity contribution in [3.8, 4) is 11.1 Å². The molecule has 0 saturated carbocycles. The fourth-order valence-corrected chi connectivity index (χ4v) is 4.09. The number of hydrogen-bond acceptors (Lipinski definition) is 6. The second-order valence-electron chi connectivity index (χ2n) is 7.81. The predicted octanol–water partition coefficient (Wildman–Crippen LogP) is 3.62. The molecular formula is C23H23N7O. The average Bonchev–Trinajstić information content (AvgIpc) is 3.43. The maximum Gasteiger partial charge on any atom is 0.248 e. The maximum absolute atomic E-state index is 11.6. The minimum absolute atomic E-state index is 0.458. The van der Waals surface area contributed by atoms with Crippen LogP contribution in [0.25, 0.3) is 16.8 Å². The first-order valence-electron chi connectivity index (χ1n) is 10.3. The van der Waals surface area contributed by atoms with Crippen molar-refractivity contribution >= 4 is 28.9 Å². The molecule has 8 nitrogen and oxygen atoms in total. The molecule has 0 aliphatic carbocycles. The number of hydrogen-bond donors (Lipinski definition) is 2. The second kappa shape index (κ2) is 7.71. The minimum atomic E-state index is -0.459. The maximum atomic E-state index is 11.6. The van der Waals surface area contributed by atoms with Crippen molar-refractivity contribution in [3.05, 3.63) is 66.6 Å². The molecule has 0 bridgehead atoms. The summed E-state index contributed by atoms with van der Waals surface area (Å²) in [5.74, 6) is 1.25. The molecule has 1 atom stereocenters. The molecule has 1 aliphatic rings. The summed E-state index contributed by atoms with van der Waals surface area (Å²) in [6, 6.07) is 15.7. The van der Waals surface area contributed by atoms with Crippen LogP contribution in [0.5, 0.6) is 0 Å². The Kier molecular flexibility index (Phi) is 4.74. The van der Waals surface area contributed by atoms with E-state index in [1.807, 2.05) is 42.6 Å². The van der Waals surface area contributed by atoms with E-state index in [2.05, 4.69) is 27.2 Å². The van der Waals surface area contributed by atoms with E-state index < -0.39 is 5.91 Å². The van der Waals surface area contributed by atoms with Gasteiger partial charge < -0.3 is 16.0 Å². The summed E-state index contributed by atoms with van der Waals surface area (Å²) in [5.41, 5.74) is 9.12. The molecule has 3 N–H and O–H groups in total. The van der Waals surface area contributed by atoms with Crippen LogP contribution in [0.2, 0.25) is 0 Å². The number of amides is 1. The Morgan fingerprint density at radius 2 is 2.03 bits per heavy atom. The number of rotatable bonds is 5. The lowest BCUT2D eigenvalue weighted by Gasteiger charge is -2.23. The third kappa shape index (κ3) is 3.68. The number of fused-ring (bicyclic) bond motifs is 1. The molecule has 0 unspecified atom stereocenters. The average molecular weight is 413 g/mol. The fraction of sp³-hybridized carbons (Fsp3) is 0.217. The highest BCUT2D eigenvalue weighted by molar-refractivity contribution is 5.94. The van der Waals surface area contributed by atoms with E-state index in [0.29, 0.717) is 17.3 Å². The van der Waals surface area contributed by atoms with Crippen LogP contribution in [0, 0.1) is 0 Å². The van der Waals surface area contributed by atoms with Gasteiger partial charge in [0.25, 0.3) is 0 Å². The minimum Gasteiger partial charge on any atom is -0.366 e. The fourth-order valence-electron chi connectivity index (χ4n) is 4.09. The quantitative estimate of drug-likeness (QED) is 0.518. The number of anilines is 3. The number of carbonyl (C=O) groups excluding carboxylic acids is 1. The highest BCUT2D eigenvalue weighted by Gasteiger charge is 2.21. The van der Waals surface area contributed by atoms with Crippen LogP contribution < -0.4 is 16.0 Å². The summed E-state index contributed by atoms with van der Waals surface area (Å²) in [6.07, 6.45) is 5.77. The molecule has 1 aromatic carbocycles. The van der Waals surface area contributed by atoms with Gasteiger partial charge in [-0.2, -0.15) is 5.10 Å². The third-order valence-electron chi connectivity index (χ3n) is 5.70. The predicted molar refractivity (Wildman–Crippen MR) is 121 cm³/mol. The molecule has 1 aliphatic heterocycles. The third-order valence-corrected chi connectivity index (χ3v) is 5.70. The lowest BCUT2D eigenvalue weighted by Crippen LogP contribution is -2.27. The van der Waals surface area contributed by atoms with Gasteiger partial charge in [0.1, 0.15) is 18.0 Å². The Morgan fingerprint density at radius 3 is 2.84 bits per heavy atom. The number of carbonyl (C=O) groups is 1. The Morgan fingerprint density at radius 1 is 1.16 bits per heavy atom. The number of aromatic nitrogens is 4. The number of nitrogens with two attached hydrogens (primary N) is 1. The molecule has 1 saturated heterocycles. The Bertz CT molecular complexity index is 1270. The van der Waals surface area contributed by atoms with E-state index in [4.69, 9.17) is 10.7 Å². The normalized spacial score (nSPS) is 16.0. The summed E-state index contributed by atoms with van der Waals surface area (Å²) in [7, 11) is 0. The van der Waals surface area contributed by atoms with E-state index in [1.165, 1.54) is 19.2 Å². The van der Waals surface area contributed by atoms with Gasteiger partial charge in [-0.15, -0.1) is 0 Å². The lowest BCUT2D eigenvalue weighted by molar-refractivity contribution is 0.100. The zero-order valence-electron chi connectivity index (χ0n) is 17.2. The van der Waals surface area contributed by atoms with Crippen LogP contribution in [0.15, 0.2) is 61.1 Å². The van der Waals surface area contributed by atoms with Gasteiger partial charge in [0.15, 0.2) is 5.65 Å². The molecule has 1 amide bonds.